The fourth-order valence-electron chi connectivity index (χ4n) is 11.0. The number of nitrogens with zero attached hydrogens (tertiary/aromatic N) is 1. The average molecular weight is 896 g/mol. The summed E-state index contributed by atoms with van der Waals surface area (Å²) in [6, 6.07) is 100. The quantitative estimate of drug-likeness (QED) is 0.0815. The standard InChI is InChI=1S/C66H45NOSi/c1-4-19-47(20-5-1)57-29-14-16-33-63(57)67(52-40-42-58-50(43-52)37-41-62-60-31-15-17-34-64(60)68-66(58)62)51-38-35-46(36-39-51)48-22-18-27-55(44-48)69(53-23-6-2-7-24-53,54-25-8-3-9-26-54)65-45-49-21-10-11-28-56(49)59-30-12-13-32-61(59)65/h1-45H. The Morgan fingerprint density at radius 1 is 0.304 bits per heavy atom. The monoisotopic (exact) mass is 895 g/mol. The zero-order valence-electron chi connectivity index (χ0n) is 37.8. The van der Waals surface area contributed by atoms with E-state index in [-0.39, 0.29) is 0 Å². The number of anilines is 3. The van der Waals surface area contributed by atoms with Crippen molar-refractivity contribution in [2.75, 3.05) is 4.90 Å². The number of para-hydroxylation sites is 2. The smallest absolute Gasteiger partial charge is 0.180 e. The molecule has 2 nitrogen and oxygen atoms in total. The molecule has 0 saturated carbocycles. The molecule has 0 saturated heterocycles. The summed E-state index contributed by atoms with van der Waals surface area (Å²) in [6.07, 6.45) is 0. The maximum Gasteiger partial charge on any atom is 0.180 e. The number of hydrogen-bond donors (Lipinski definition) is 0. The summed E-state index contributed by atoms with van der Waals surface area (Å²) in [5.74, 6) is 0. The lowest BCUT2D eigenvalue weighted by Gasteiger charge is -2.36. The minimum Gasteiger partial charge on any atom is -0.455 e. The van der Waals surface area contributed by atoms with Gasteiger partial charge in [0.2, 0.25) is 0 Å². The van der Waals surface area contributed by atoms with E-state index >= 15 is 0 Å². The van der Waals surface area contributed by atoms with Crippen LogP contribution in [0, 0.1) is 0 Å². The summed E-state index contributed by atoms with van der Waals surface area (Å²) in [5, 5.41) is 15.1. The number of furan rings is 1. The van der Waals surface area contributed by atoms with E-state index in [1.54, 1.807) is 0 Å². The van der Waals surface area contributed by atoms with Gasteiger partial charge in [-0.25, -0.2) is 0 Å². The van der Waals surface area contributed by atoms with E-state index in [0.29, 0.717) is 0 Å². The van der Waals surface area contributed by atoms with Gasteiger partial charge in [0, 0.05) is 33.1 Å². The van der Waals surface area contributed by atoms with Crippen molar-refractivity contribution in [2.24, 2.45) is 0 Å². The second-order valence-electron chi connectivity index (χ2n) is 18.0. The van der Waals surface area contributed by atoms with Crippen LogP contribution in [0.25, 0.3) is 76.5 Å². The molecule has 0 aliphatic heterocycles. The molecule has 69 heavy (non-hydrogen) atoms. The first-order chi connectivity index (χ1) is 34.2. The van der Waals surface area contributed by atoms with Crippen molar-refractivity contribution >= 4 is 100 Å². The summed E-state index contributed by atoms with van der Waals surface area (Å²) in [7, 11) is -2.97. The normalized spacial score (nSPS) is 11.8. The number of hydrogen-bond acceptors (Lipinski definition) is 2. The maximum absolute atomic E-state index is 6.50. The Bertz CT molecular complexity index is 3970. The van der Waals surface area contributed by atoms with Crippen molar-refractivity contribution < 1.29 is 4.42 Å². The van der Waals surface area contributed by atoms with Gasteiger partial charge in [-0.15, -0.1) is 0 Å². The third kappa shape index (κ3) is 6.78. The van der Waals surface area contributed by atoms with Crippen molar-refractivity contribution in [1.29, 1.82) is 0 Å². The van der Waals surface area contributed by atoms with Gasteiger partial charge in [0.25, 0.3) is 0 Å². The van der Waals surface area contributed by atoms with Crippen molar-refractivity contribution in [3.63, 3.8) is 0 Å². The summed E-state index contributed by atoms with van der Waals surface area (Å²) in [5.41, 5.74) is 9.74. The van der Waals surface area contributed by atoms with Crippen LogP contribution < -0.4 is 25.6 Å². The molecule has 0 unspecified atom stereocenters. The van der Waals surface area contributed by atoms with Crippen LogP contribution in [-0.4, -0.2) is 8.07 Å². The number of benzene rings is 12. The molecule has 0 atom stereocenters. The molecule has 13 aromatic rings. The molecule has 1 aromatic heterocycles. The van der Waals surface area contributed by atoms with Crippen LogP contribution in [0.3, 0.4) is 0 Å². The van der Waals surface area contributed by atoms with Gasteiger partial charge in [0.15, 0.2) is 8.07 Å². The summed E-state index contributed by atoms with van der Waals surface area (Å²) >= 11 is 0. The fourth-order valence-corrected chi connectivity index (χ4v) is 16.1. The van der Waals surface area contributed by atoms with E-state index in [1.807, 2.05) is 6.07 Å². The van der Waals surface area contributed by atoms with E-state index in [4.69, 9.17) is 4.42 Å². The Labute approximate surface area is 402 Å². The predicted molar refractivity (Wildman–Crippen MR) is 295 cm³/mol. The number of fused-ring (bicyclic) bond motifs is 8. The first-order valence-corrected chi connectivity index (χ1v) is 25.7. The topological polar surface area (TPSA) is 16.4 Å². The zero-order valence-corrected chi connectivity index (χ0v) is 38.8. The molecule has 0 fully saturated rings. The largest absolute Gasteiger partial charge is 0.455 e. The summed E-state index contributed by atoms with van der Waals surface area (Å²) in [6.45, 7) is 0. The van der Waals surface area contributed by atoms with E-state index in [9.17, 15) is 0 Å². The highest BCUT2D eigenvalue weighted by molar-refractivity contribution is 7.20. The highest BCUT2D eigenvalue weighted by atomic mass is 28.3. The van der Waals surface area contributed by atoms with Gasteiger partial charge in [0.05, 0.1) is 5.69 Å². The SMILES string of the molecule is c1ccc(-c2ccccc2N(c2ccc(-c3cccc([Si](c4ccccc4)(c4ccccc4)c4cc5ccccc5c5ccccc45)c3)cc2)c2ccc3c(ccc4c5ccccc5oc34)c2)cc1. The van der Waals surface area contributed by atoms with Crippen molar-refractivity contribution in [2.45, 2.75) is 0 Å². The van der Waals surface area contributed by atoms with Gasteiger partial charge >= 0.3 is 0 Å². The zero-order chi connectivity index (χ0) is 45.7. The highest BCUT2D eigenvalue weighted by Gasteiger charge is 2.43. The first kappa shape index (κ1) is 40.5. The van der Waals surface area contributed by atoms with E-state index in [2.05, 4.69) is 272 Å². The van der Waals surface area contributed by atoms with Crippen LogP contribution in [0.15, 0.2) is 277 Å². The molecule has 0 aliphatic rings. The lowest BCUT2D eigenvalue weighted by Crippen LogP contribution is -2.74. The Balaban J connectivity index is 0.981. The Morgan fingerprint density at radius 2 is 0.870 bits per heavy atom. The molecule has 3 heteroatoms. The second kappa shape index (κ2) is 16.8. The molecule has 12 aromatic carbocycles. The minimum atomic E-state index is -2.97. The third-order valence-corrected chi connectivity index (χ3v) is 19.0. The fraction of sp³-hybridized carbons (Fsp3) is 0. The van der Waals surface area contributed by atoms with Crippen LogP contribution in [0.1, 0.15) is 0 Å². The van der Waals surface area contributed by atoms with Crippen LogP contribution in [0.5, 0.6) is 0 Å². The third-order valence-electron chi connectivity index (χ3n) is 14.2. The second-order valence-corrected chi connectivity index (χ2v) is 21.7. The Morgan fingerprint density at radius 3 is 1.64 bits per heavy atom. The van der Waals surface area contributed by atoms with Crippen LogP contribution in [-0.2, 0) is 0 Å². The van der Waals surface area contributed by atoms with E-state index in [1.165, 1.54) is 53.4 Å². The molecule has 0 spiro atoms. The molecule has 0 radical (unpaired) electrons. The van der Waals surface area contributed by atoms with Crippen molar-refractivity contribution in [3.05, 3.63) is 273 Å². The minimum absolute atomic E-state index is 0.906. The van der Waals surface area contributed by atoms with Crippen LogP contribution >= 0.6 is 0 Å². The molecular weight excluding hydrogens is 851 g/mol. The molecule has 1 heterocycles. The van der Waals surface area contributed by atoms with Gasteiger partial charge < -0.3 is 9.32 Å². The molecule has 324 valence electrons. The highest BCUT2D eigenvalue weighted by Crippen LogP contribution is 2.43. The van der Waals surface area contributed by atoms with Crippen molar-refractivity contribution in [1.82, 2.24) is 0 Å². The first-order valence-electron chi connectivity index (χ1n) is 23.7. The van der Waals surface area contributed by atoms with Gasteiger partial charge in [0.1, 0.15) is 11.2 Å². The van der Waals surface area contributed by atoms with Gasteiger partial charge in [-0.05, 0) is 113 Å². The van der Waals surface area contributed by atoms with Gasteiger partial charge in [-0.1, -0.05) is 224 Å². The lowest BCUT2D eigenvalue weighted by molar-refractivity contribution is 0.672. The molecule has 0 bridgehead atoms. The number of rotatable bonds is 9. The molecule has 0 amide bonds. The molecule has 13 rings (SSSR count). The van der Waals surface area contributed by atoms with E-state index in [0.717, 1.165) is 60.9 Å². The predicted octanol–water partition coefficient (Wildman–Crippen LogP) is 15.2. The van der Waals surface area contributed by atoms with Crippen molar-refractivity contribution in [3.8, 4) is 22.3 Å². The van der Waals surface area contributed by atoms with Gasteiger partial charge in [-0.3, -0.25) is 0 Å². The lowest BCUT2D eigenvalue weighted by atomic mass is 10.00. The maximum atomic E-state index is 6.50. The van der Waals surface area contributed by atoms with Crippen LogP contribution in [0.2, 0.25) is 0 Å². The van der Waals surface area contributed by atoms with E-state index < -0.39 is 8.07 Å². The Hall–Kier alpha value is -8.76. The Kier molecular flexibility index (Phi) is 9.88. The van der Waals surface area contributed by atoms with Crippen LogP contribution in [0.4, 0.5) is 17.1 Å². The molecule has 0 N–H and O–H groups in total. The average Bonchev–Trinajstić information content (AvgIpc) is 3.82. The van der Waals surface area contributed by atoms with Gasteiger partial charge in [-0.2, -0.15) is 0 Å². The molecular formula is C66H45NOSi. The molecule has 0 aliphatic carbocycles. The summed E-state index contributed by atoms with van der Waals surface area (Å²) in [4.78, 5) is 2.40. The summed E-state index contributed by atoms with van der Waals surface area (Å²) < 4.78 is 6.50.